The van der Waals surface area contributed by atoms with Crippen LogP contribution in [-0.2, 0) is 0 Å². The largest absolute Gasteiger partial charge is 0.372 e. The van der Waals surface area contributed by atoms with Gasteiger partial charge in [0.1, 0.15) is 0 Å². The van der Waals surface area contributed by atoms with Gasteiger partial charge in [-0.3, -0.25) is 0 Å². The molecule has 0 N–H and O–H groups in total. The molecule has 0 fully saturated rings. The van der Waals surface area contributed by atoms with Crippen LogP contribution in [0.15, 0.2) is 48.5 Å². The molecular formula is C16H18N. The molecule has 0 saturated heterocycles. The molecule has 1 nitrogen and oxygen atoms in total. The van der Waals surface area contributed by atoms with E-state index in [9.17, 15) is 0 Å². The van der Waals surface area contributed by atoms with Crippen molar-refractivity contribution in [2.45, 2.75) is 13.8 Å². The molecule has 2 rings (SSSR count). The van der Waals surface area contributed by atoms with Crippen LogP contribution in [0.5, 0.6) is 0 Å². The summed E-state index contributed by atoms with van der Waals surface area (Å²) in [6.07, 6.45) is 0. The minimum absolute atomic E-state index is 1.05. The third-order valence-electron chi connectivity index (χ3n) is 3.04. The van der Waals surface area contributed by atoms with E-state index in [1.807, 2.05) is 18.2 Å². The van der Waals surface area contributed by atoms with Crippen molar-refractivity contribution in [3.63, 3.8) is 0 Å². The fourth-order valence-electron chi connectivity index (χ4n) is 2.03. The Bertz CT molecular complexity index is 441. The first-order valence-electron chi connectivity index (χ1n) is 6.16. The molecule has 87 valence electrons. The maximum Gasteiger partial charge on any atom is 0.0366 e. The Balaban J connectivity index is 2.24. The second-order valence-corrected chi connectivity index (χ2v) is 4.01. The number of hydrogen-bond donors (Lipinski definition) is 0. The summed E-state index contributed by atoms with van der Waals surface area (Å²) in [6.45, 7) is 6.47. The van der Waals surface area contributed by atoms with Gasteiger partial charge in [0, 0.05) is 18.8 Å². The highest BCUT2D eigenvalue weighted by atomic mass is 15.1. The number of nitrogens with zero attached hydrogens (tertiary/aromatic N) is 1. The minimum atomic E-state index is 1.05. The highest BCUT2D eigenvalue weighted by Crippen LogP contribution is 2.22. The van der Waals surface area contributed by atoms with Crippen LogP contribution in [0.3, 0.4) is 0 Å². The molecule has 0 aromatic heterocycles. The quantitative estimate of drug-likeness (QED) is 0.758. The van der Waals surface area contributed by atoms with E-state index in [2.05, 4.69) is 55.1 Å². The van der Waals surface area contributed by atoms with Crippen LogP contribution >= 0.6 is 0 Å². The molecule has 0 spiro atoms. The van der Waals surface area contributed by atoms with Crippen molar-refractivity contribution in [3.05, 3.63) is 54.6 Å². The van der Waals surface area contributed by atoms with Crippen LogP contribution in [-0.4, -0.2) is 13.1 Å². The third-order valence-corrected chi connectivity index (χ3v) is 3.04. The lowest BCUT2D eigenvalue weighted by Gasteiger charge is -2.21. The Hall–Kier alpha value is -1.76. The third kappa shape index (κ3) is 2.68. The lowest BCUT2D eigenvalue weighted by atomic mass is 10.1. The van der Waals surface area contributed by atoms with Gasteiger partial charge in [-0.05, 0) is 49.2 Å². The minimum Gasteiger partial charge on any atom is -0.372 e. The van der Waals surface area contributed by atoms with Gasteiger partial charge in [-0.2, -0.15) is 0 Å². The van der Waals surface area contributed by atoms with Crippen molar-refractivity contribution >= 4 is 5.69 Å². The Kier molecular flexibility index (Phi) is 3.81. The molecule has 0 aliphatic heterocycles. The lowest BCUT2D eigenvalue weighted by molar-refractivity contribution is 0.866. The van der Waals surface area contributed by atoms with Gasteiger partial charge < -0.3 is 4.90 Å². The fourth-order valence-corrected chi connectivity index (χ4v) is 2.03. The summed E-state index contributed by atoms with van der Waals surface area (Å²) in [5.74, 6) is 0. The highest BCUT2D eigenvalue weighted by molar-refractivity contribution is 5.66. The molecule has 17 heavy (non-hydrogen) atoms. The van der Waals surface area contributed by atoms with Crippen LogP contribution in [0.25, 0.3) is 11.1 Å². The monoisotopic (exact) mass is 224 g/mol. The van der Waals surface area contributed by atoms with Crippen LogP contribution in [0, 0.1) is 6.07 Å². The summed E-state index contributed by atoms with van der Waals surface area (Å²) in [5, 5.41) is 0. The van der Waals surface area contributed by atoms with E-state index >= 15 is 0 Å². The molecule has 0 bridgehead atoms. The van der Waals surface area contributed by atoms with Crippen molar-refractivity contribution in [2.75, 3.05) is 18.0 Å². The Morgan fingerprint density at radius 2 is 1.65 bits per heavy atom. The van der Waals surface area contributed by atoms with E-state index in [1.165, 1.54) is 16.8 Å². The summed E-state index contributed by atoms with van der Waals surface area (Å²) in [6, 6.07) is 19.9. The predicted octanol–water partition coefficient (Wildman–Crippen LogP) is 4.00. The molecule has 2 aromatic rings. The molecule has 0 aliphatic carbocycles. The lowest BCUT2D eigenvalue weighted by Crippen LogP contribution is -2.21. The van der Waals surface area contributed by atoms with Crippen molar-refractivity contribution < 1.29 is 0 Å². The molecule has 0 atom stereocenters. The number of rotatable bonds is 4. The van der Waals surface area contributed by atoms with E-state index in [4.69, 9.17) is 0 Å². The average Bonchev–Trinajstić information content (AvgIpc) is 2.42. The average molecular weight is 224 g/mol. The summed E-state index contributed by atoms with van der Waals surface area (Å²) in [5.41, 5.74) is 3.76. The SMILES string of the molecule is CCN(CC)c1ccc(-c2c[c]ccc2)cc1. The van der Waals surface area contributed by atoms with Gasteiger partial charge in [0.2, 0.25) is 0 Å². The van der Waals surface area contributed by atoms with E-state index in [0.717, 1.165) is 13.1 Å². The first kappa shape index (κ1) is 11.7. The standard InChI is InChI=1S/C16H18N/c1-3-17(4-2)16-12-10-15(11-13-16)14-8-6-5-7-9-14/h5-6,8-13H,3-4H2,1-2H3. The Labute approximate surface area is 104 Å². The number of anilines is 1. The summed E-state index contributed by atoms with van der Waals surface area (Å²) in [4.78, 5) is 2.35. The second kappa shape index (κ2) is 5.53. The zero-order valence-electron chi connectivity index (χ0n) is 10.5. The van der Waals surface area contributed by atoms with Gasteiger partial charge in [0.25, 0.3) is 0 Å². The van der Waals surface area contributed by atoms with Crippen LogP contribution in [0.2, 0.25) is 0 Å². The zero-order valence-corrected chi connectivity index (χ0v) is 10.5. The summed E-state index contributed by atoms with van der Waals surface area (Å²) < 4.78 is 0. The predicted molar refractivity (Wildman–Crippen MR) is 74.3 cm³/mol. The van der Waals surface area contributed by atoms with E-state index in [0.29, 0.717) is 0 Å². The van der Waals surface area contributed by atoms with Gasteiger partial charge in [-0.1, -0.05) is 30.3 Å². The molecule has 1 heteroatoms. The fraction of sp³-hybridized carbons (Fsp3) is 0.250. The first-order chi connectivity index (χ1) is 8.35. The van der Waals surface area contributed by atoms with Crippen molar-refractivity contribution in [2.24, 2.45) is 0 Å². The van der Waals surface area contributed by atoms with E-state index in [-0.39, 0.29) is 0 Å². The maximum absolute atomic E-state index is 3.11. The van der Waals surface area contributed by atoms with Gasteiger partial charge in [-0.15, -0.1) is 0 Å². The summed E-state index contributed by atoms with van der Waals surface area (Å²) in [7, 11) is 0. The van der Waals surface area contributed by atoms with E-state index in [1.54, 1.807) is 0 Å². The van der Waals surface area contributed by atoms with Gasteiger partial charge in [0.05, 0.1) is 0 Å². The molecule has 0 saturated carbocycles. The zero-order chi connectivity index (χ0) is 12.1. The van der Waals surface area contributed by atoms with Crippen molar-refractivity contribution in [3.8, 4) is 11.1 Å². The molecule has 0 amide bonds. The molecular weight excluding hydrogens is 206 g/mol. The Morgan fingerprint density at radius 1 is 0.941 bits per heavy atom. The molecule has 1 radical (unpaired) electrons. The maximum atomic E-state index is 3.11. The number of benzene rings is 2. The molecule has 0 heterocycles. The normalized spacial score (nSPS) is 10.2. The summed E-state index contributed by atoms with van der Waals surface area (Å²) >= 11 is 0. The highest BCUT2D eigenvalue weighted by Gasteiger charge is 2.02. The smallest absolute Gasteiger partial charge is 0.0366 e. The van der Waals surface area contributed by atoms with Crippen molar-refractivity contribution in [1.29, 1.82) is 0 Å². The molecule has 0 unspecified atom stereocenters. The first-order valence-corrected chi connectivity index (χ1v) is 6.16. The van der Waals surface area contributed by atoms with Crippen LogP contribution < -0.4 is 4.90 Å². The van der Waals surface area contributed by atoms with Crippen molar-refractivity contribution in [1.82, 2.24) is 0 Å². The van der Waals surface area contributed by atoms with Gasteiger partial charge in [-0.25, -0.2) is 0 Å². The second-order valence-electron chi connectivity index (χ2n) is 4.01. The van der Waals surface area contributed by atoms with Gasteiger partial charge in [0.15, 0.2) is 0 Å². The van der Waals surface area contributed by atoms with Crippen LogP contribution in [0.1, 0.15) is 13.8 Å². The van der Waals surface area contributed by atoms with E-state index < -0.39 is 0 Å². The van der Waals surface area contributed by atoms with Gasteiger partial charge >= 0.3 is 0 Å². The molecule has 0 aliphatic rings. The van der Waals surface area contributed by atoms with Crippen LogP contribution in [0.4, 0.5) is 5.69 Å². The topological polar surface area (TPSA) is 3.24 Å². The number of hydrogen-bond acceptors (Lipinski definition) is 1. The molecule has 2 aromatic carbocycles. The Morgan fingerprint density at radius 3 is 2.18 bits per heavy atom.